The summed E-state index contributed by atoms with van der Waals surface area (Å²) >= 11 is 0. The summed E-state index contributed by atoms with van der Waals surface area (Å²) in [6.45, 7) is 2.08. The fraction of sp³-hybridized carbons (Fsp3) is 0.0857. The first-order valence-corrected chi connectivity index (χ1v) is 13.6. The topological polar surface area (TPSA) is 63.3 Å². The molecule has 7 heteroatoms. The molecule has 3 heterocycles. The minimum Gasteiger partial charge on any atom is -0.496 e. The number of hydrogen-bond donors (Lipinski definition) is 0. The highest BCUT2D eigenvalue weighted by molar-refractivity contribution is 6.09. The van der Waals surface area contributed by atoms with Crippen LogP contribution in [0, 0.1) is 6.92 Å². The molecule has 0 aliphatic carbocycles. The van der Waals surface area contributed by atoms with Gasteiger partial charge in [-0.3, -0.25) is 4.57 Å². The molecule has 0 radical (unpaired) electrons. The molecule has 0 fully saturated rings. The van der Waals surface area contributed by atoms with E-state index in [1.807, 2.05) is 71.7 Å². The third kappa shape index (κ3) is 4.41. The van der Waals surface area contributed by atoms with Gasteiger partial charge >= 0.3 is 0 Å². The molecule has 0 saturated carbocycles. The van der Waals surface area contributed by atoms with Gasteiger partial charge in [0.05, 0.1) is 42.7 Å². The highest BCUT2D eigenvalue weighted by Crippen LogP contribution is 2.39. The Labute approximate surface area is 243 Å². The van der Waals surface area contributed by atoms with E-state index < -0.39 is 0 Å². The summed E-state index contributed by atoms with van der Waals surface area (Å²) in [7, 11) is 3.30. The predicted molar refractivity (Wildman–Crippen MR) is 165 cm³/mol. The predicted octanol–water partition coefficient (Wildman–Crippen LogP) is 8.15. The third-order valence-electron chi connectivity index (χ3n) is 7.39. The number of para-hydroxylation sites is 1. The Kier molecular flexibility index (Phi) is 6.32. The maximum atomic E-state index is 6.41. The maximum absolute atomic E-state index is 6.41. The van der Waals surface area contributed by atoms with Gasteiger partial charge in [-0.2, -0.15) is 5.10 Å². The lowest BCUT2D eigenvalue weighted by Gasteiger charge is -2.11. The zero-order valence-corrected chi connectivity index (χ0v) is 23.5. The van der Waals surface area contributed by atoms with Crippen LogP contribution < -0.4 is 14.2 Å². The van der Waals surface area contributed by atoms with Crippen LogP contribution in [-0.4, -0.2) is 33.6 Å². The first kappa shape index (κ1) is 25.4. The summed E-state index contributed by atoms with van der Waals surface area (Å²) in [5, 5.41) is 6.94. The lowest BCUT2D eigenvalue weighted by molar-refractivity contribution is 0.397. The summed E-state index contributed by atoms with van der Waals surface area (Å²) in [6.07, 6.45) is 5.61. The average Bonchev–Trinajstić information content (AvgIpc) is 3.64. The molecule has 0 N–H and O–H groups in total. The molecule has 4 aromatic carbocycles. The number of pyridine rings is 1. The van der Waals surface area contributed by atoms with Crippen molar-refractivity contribution in [3.63, 3.8) is 0 Å². The molecule has 7 aromatic rings. The Hall–Kier alpha value is -5.56. The molecular weight excluding hydrogens is 524 g/mol. The Morgan fingerprint density at radius 3 is 2.26 bits per heavy atom. The Morgan fingerprint density at radius 1 is 0.690 bits per heavy atom. The molecule has 42 heavy (non-hydrogen) atoms. The number of methoxy groups -OCH3 is 2. The Bertz CT molecular complexity index is 2050. The second-order valence-corrected chi connectivity index (χ2v) is 10.0. The van der Waals surface area contributed by atoms with Crippen molar-refractivity contribution < 1.29 is 14.2 Å². The summed E-state index contributed by atoms with van der Waals surface area (Å²) in [5.74, 6) is 3.76. The number of aryl methyl sites for hydroxylation is 1. The summed E-state index contributed by atoms with van der Waals surface area (Å²) in [4.78, 5) is 4.68. The van der Waals surface area contributed by atoms with Crippen molar-refractivity contribution in [2.75, 3.05) is 14.2 Å². The van der Waals surface area contributed by atoms with Gasteiger partial charge in [-0.25, -0.2) is 9.67 Å². The summed E-state index contributed by atoms with van der Waals surface area (Å²) in [6, 6.07) is 32.3. The largest absolute Gasteiger partial charge is 0.496 e. The van der Waals surface area contributed by atoms with E-state index in [1.54, 1.807) is 20.4 Å². The van der Waals surface area contributed by atoms with E-state index in [0.717, 1.165) is 61.9 Å². The zero-order chi connectivity index (χ0) is 28.6. The molecule has 0 amide bonds. The van der Waals surface area contributed by atoms with Gasteiger partial charge in [-0.05, 0) is 67.1 Å². The minimum absolute atomic E-state index is 0.704. The maximum Gasteiger partial charge on any atom is 0.137 e. The molecule has 0 saturated heterocycles. The highest BCUT2D eigenvalue weighted by atomic mass is 16.5. The normalized spacial score (nSPS) is 11.2. The van der Waals surface area contributed by atoms with Gasteiger partial charge in [-0.15, -0.1) is 0 Å². The van der Waals surface area contributed by atoms with E-state index in [1.165, 1.54) is 5.39 Å². The standard InChI is InChI=1S/C35H28N4O3/c1-23-16-17-36-34(18-23)39-30-11-5-4-10-28(30)29-15-14-27(20-31(29)39)42-26-9-6-8-25(19-26)38-22-24(21-37-38)35-32(40-2)12-7-13-33(35)41-3/h4-22H,1-3H3. The van der Waals surface area contributed by atoms with Gasteiger partial charge in [0.1, 0.15) is 28.8 Å². The average molecular weight is 553 g/mol. The lowest BCUT2D eigenvalue weighted by Crippen LogP contribution is -1.97. The lowest BCUT2D eigenvalue weighted by atomic mass is 10.1. The second-order valence-electron chi connectivity index (χ2n) is 10.0. The first-order valence-electron chi connectivity index (χ1n) is 13.6. The SMILES string of the molecule is COc1cccc(OC)c1-c1cnn(-c2cccc(Oc3ccc4c5ccccc5n(-c5cc(C)ccn5)c4c3)c2)c1. The monoisotopic (exact) mass is 552 g/mol. The van der Waals surface area contributed by atoms with Crippen LogP contribution in [-0.2, 0) is 0 Å². The second kappa shape index (κ2) is 10.4. The fourth-order valence-corrected chi connectivity index (χ4v) is 5.46. The number of ether oxygens (including phenoxy) is 3. The van der Waals surface area contributed by atoms with Gasteiger partial charge < -0.3 is 14.2 Å². The number of aromatic nitrogens is 4. The van der Waals surface area contributed by atoms with E-state index in [2.05, 4.69) is 64.0 Å². The van der Waals surface area contributed by atoms with Crippen molar-refractivity contribution >= 4 is 21.8 Å². The highest BCUT2D eigenvalue weighted by Gasteiger charge is 2.16. The molecular formula is C35H28N4O3. The summed E-state index contributed by atoms with van der Waals surface area (Å²) < 4.78 is 21.6. The molecule has 0 aliphatic heterocycles. The van der Waals surface area contributed by atoms with Crippen molar-refractivity contribution in [1.82, 2.24) is 19.3 Å². The molecule has 0 atom stereocenters. The quantitative estimate of drug-likeness (QED) is 0.200. The van der Waals surface area contributed by atoms with Crippen LogP contribution in [0.3, 0.4) is 0 Å². The van der Waals surface area contributed by atoms with Crippen LogP contribution in [0.15, 0.2) is 116 Å². The molecule has 0 bridgehead atoms. The smallest absolute Gasteiger partial charge is 0.137 e. The molecule has 7 nitrogen and oxygen atoms in total. The van der Waals surface area contributed by atoms with Gasteiger partial charge in [-0.1, -0.05) is 30.3 Å². The molecule has 0 aliphatic rings. The van der Waals surface area contributed by atoms with Crippen LogP contribution in [0.4, 0.5) is 0 Å². The fourth-order valence-electron chi connectivity index (χ4n) is 5.46. The van der Waals surface area contributed by atoms with Crippen LogP contribution in [0.5, 0.6) is 23.0 Å². The van der Waals surface area contributed by atoms with Crippen molar-refractivity contribution in [2.24, 2.45) is 0 Å². The van der Waals surface area contributed by atoms with Gasteiger partial charge in [0.2, 0.25) is 0 Å². The molecule has 0 unspecified atom stereocenters. The molecule has 206 valence electrons. The Balaban J connectivity index is 1.25. The van der Waals surface area contributed by atoms with Crippen molar-refractivity contribution in [3.8, 4) is 45.6 Å². The molecule has 0 spiro atoms. The number of hydrogen-bond acceptors (Lipinski definition) is 5. The summed E-state index contributed by atoms with van der Waals surface area (Å²) in [5.41, 5.74) is 5.90. The van der Waals surface area contributed by atoms with Crippen molar-refractivity contribution in [2.45, 2.75) is 6.92 Å². The first-order chi connectivity index (χ1) is 20.6. The van der Waals surface area contributed by atoms with E-state index in [9.17, 15) is 0 Å². The minimum atomic E-state index is 0.704. The van der Waals surface area contributed by atoms with E-state index in [-0.39, 0.29) is 0 Å². The molecule has 3 aromatic heterocycles. The molecule has 7 rings (SSSR count). The van der Waals surface area contributed by atoms with E-state index >= 15 is 0 Å². The van der Waals surface area contributed by atoms with Crippen LogP contribution in [0.25, 0.3) is 44.4 Å². The van der Waals surface area contributed by atoms with Gasteiger partial charge in [0, 0.05) is 40.9 Å². The van der Waals surface area contributed by atoms with E-state index in [4.69, 9.17) is 14.2 Å². The Morgan fingerprint density at radius 2 is 1.45 bits per heavy atom. The number of benzene rings is 4. The van der Waals surface area contributed by atoms with Crippen LogP contribution >= 0.6 is 0 Å². The van der Waals surface area contributed by atoms with Gasteiger partial charge in [0.25, 0.3) is 0 Å². The van der Waals surface area contributed by atoms with Crippen LogP contribution in [0.1, 0.15) is 5.56 Å². The third-order valence-corrected chi connectivity index (χ3v) is 7.39. The van der Waals surface area contributed by atoms with Crippen LogP contribution in [0.2, 0.25) is 0 Å². The zero-order valence-electron chi connectivity index (χ0n) is 23.5. The van der Waals surface area contributed by atoms with E-state index in [0.29, 0.717) is 5.75 Å². The number of fused-ring (bicyclic) bond motifs is 3. The number of nitrogens with zero attached hydrogens (tertiary/aromatic N) is 4. The van der Waals surface area contributed by atoms with Gasteiger partial charge in [0.15, 0.2) is 0 Å². The van der Waals surface area contributed by atoms with Crippen molar-refractivity contribution in [3.05, 3.63) is 121 Å². The number of rotatable bonds is 7. The van der Waals surface area contributed by atoms with Crippen molar-refractivity contribution in [1.29, 1.82) is 0 Å².